The van der Waals surface area contributed by atoms with Crippen LogP contribution >= 0.6 is 12.4 Å². The fourth-order valence-corrected chi connectivity index (χ4v) is 3.44. The number of carbonyl (C=O) groups is 1. The lowest BCUT2D eigenvalue weighted by Gasteiger charge is -2.32. The largest absolute Gasteiger partial charge is 0.392 e. The van der Waals surface area contributed by atoms with Crippen molar-refractivity contribution < 1.29 is 9.90 Å². The zero-order chi connectivity index (χ0) is 13.8. The van der Waals surface area contributed by atoms with Crippen LogP contribution in [-0.2, 0) is 4.79 Å². The summed E-state index contributed by atoms with van der Waals surface area (Å²) in [6, 6.07) is 0.00569. The van der Waals surface area contributed by atoms with E-state index in [0.717, 1.165) is 5.92 Å². The third-order valence-corrected chi connectivity index (χ3v) is 4.98. The molecule has 4 atom stereocenters. The summed E-state index contributed by atoms with van der Waals surface area (Å²) in [5.74, 6) is 1.34. The van der Waals surface area contributed by atoms with Crippen molar-refractivity contribution in [2.75, 3.05) is 6.54 Å². The van der Waals surface area contributed by atoms with E-state index in [1.54, 1.807) is 0 Å². The number of aliphatic hydroxyl groups excluding tert-OH is 1. The molecule has 2 rings (SSSR count). The van der Waals surface area contributed by atoms with E-state index in [1.165, 1.54) is 32.1 Å². The van der Waals surface area contributed by atoms with Gasteiger partial charge in [-0.1, -0.05) is 39.0 Å². The third-order valence-electron chi connectivity index (χ3n) is 4.98. The van der Waals surface area contributed by atoms with Gasteiger partial charge < -0.3 is 15.7 Å². The minimum Gasteiger partial charge on any atom is -0.392 e. The molecule has 1 saturated heterocycles. The van der Waals surface area contributed by atoms with Crippen molar-refractivity contribution in [3.63, 3.8) is 0 Å². The van der Waals surface area contributed by atoms with E-state index >= 15 is 0 Å². The second kappa shape index (κ2) is 8.20. The highest BCUT2D eigenvalue weighted by molar-refractivity contribution is 5.85. The summed E-state index contributed by atoms with van der Waals surface area (Å²) in [5, 5.41) is 15.6. The molecule has 0 spiro atoms. The molecule has 1 saturated carbocycles. The van der Waals surface area contributed by atoms with Gasteiger partial charge >= 0.3 is 0 Å². The fraction of sp³-hybridized carbons (Fsp3) is 0.933. The lowest BCUT2D eigenvalue weighted by molar-refractivity contribution is -0.124. The molecule has 3 N–H and O–H groups in total. The normalized spacial score (nSPS) is 30.4. The lowest BCUT2D eigenvalue weighted by atomic mass is 9.78. The minimum atomic E-state index is -0.373. The average molecular weight is 305 g/mol. The van der Waals surface area contributed by atoms with E-state index in [2.05, 4.69) is 24.5 Å². The summed E-state index contributed by atoms with van der Waals surface area (Å²) in [4.78, 5) is 12.1. The van der Waals surface area contributed by atoms with Crippen molar-refractivity contribution in [3.8, 4) is 0 Å². The van der Waals surface area contributed by atoms with Gasteiger partial charge in [-0.25, -0.2) is 0 Å². The number of amides is 1. The van der Waals surface area contributed by atoms with Gasteiger partial charge in [0.2, 0.25) is 5.91 Å². The Balaban J connectivity index is 0.00000200. The van der Waals surface area contributed by atoms with Crippen LogP contribution in [0.4, 0.5) is 0 Å². The quantitative estimate of drug-likeness (QED) is 0.743. The summed E-state index contributed by atoms with van der Waals surface area (Å²) < 4.78 is 0. The molecule has 4 nitrogen and oxygen atoms in total. The molecule has 4 unspecified atom stereocenters. The molecular weight excluding hydrogens is 276 g/mol. The number of hydrogen-bond donors (Lipinski definition) is 3. The number of hydrogen-bond acceptors (Lipinski definition) is 3. The van der Waals surface area contributed by atoms with Gasteiger partial charge in [0.15, 0.2) is 0 Å². The monoisotopic (exact) mass is 304 g/mol. The average Bonchev–Trinajstić information content (AvgIpc) is 2.85. The summed E-state index contributed by atoms with van der Waals surface area (Å²) in [6.45, 7) is 4.91. The first-order valence-corrected chi connectivity index (χ1v) is 7.79. The van der Waals surface area contributed by atoms with Crippen molar-refractivity contribution in [3.05, 3.63) is 0 Å². The second-order valence-electron chi connectivity index (χ2n) is 6.40. The fourth-order valence-electron chi connectivity index (χ4n) is 3.44. The van der Waals surface area contributed by atoms with Crippen molar-refractivity contribution in [1.82, 2.24) is 10.6 Å². The van der Waals surface area contributed by atoms with Crippen LogP contribution in [-0.4, -0.2) is 35.7 Å². The SMILES string of the molecule is CC(NC(=O)C1CC(O)CN1)C(C)C1CCCCC1.Cl. The molecule has 2 fully saturated rings. The van der Waals surface area contributed by atoms with Gasteiger partial charge in [-0.3, -0.25) is 4.79 Å². The molecule has 0 aromatic carbocycles. The van der Waals surface area contributed by atoms with Crippen LogP contribution < -0.4 is 10.6 Å². The third kappa shape index (κ3) is 4.61. The molecule has 0 aromatic heterocycles. The van der Waals surface area contributed by atoms with Crippen molar-refractivity contribution in [1.29, 1.82) is 0 Å². The predicted octanol–water partition coefficient (Wildman–Crippen LogP) is 1.85. The molecule has 2 aliphatic rings. The number of nitrogens with one attached hydrogen (secondary N) is 2. The van der Waals surface area contributed by atoms with Crippen molar-refractivity contribution >= 4 is 18.3 Å². The van der Waals surface area contributed by atoms with E-state index in [0.29, 0.717) is 18.9 Å². The van der Waals surface area contributed by atoms with Crippen LogP contribution in [0, 0.1) is 11.8 Å². The molecule has 0 aromatic rings. The predicted molar refractivity (Wildman–Crippen MR) is 83.0 cm³/mol. The molecule has 5 heteroatoms. The second-order valence-corrected chi connectivity index (χ2v) is 6.40. The number of aliphatic hydroxyl groups is 1. The Morgan fingerprint density at radius 2 is 1.90 bits per heavy atom. The first-order valence-electron chi connectivity index (χ1n) is 7.79. The Hall–Kier alpha value is -0.320. The van der Waals surface area contributed by atoms with Crippen molar-refractivity contribution in [2.45, 2.75) is 70.6 Å². The molecule has 1 amide bonds. The van der Waals surface area contributed by atoms with Crippen LogP contribution in [0.5, 0.6) is 0 Å². The number of rotatable bonds is 4. The Labute approximate surface area is 128 Å². The van der Waals surface area contributed by atoms with Gasteiger partial charge in [0, 0.05) is 12.6 Å². The lowest BCUT2D eigenvalue weighted by Crippen LogP contribution is -2.47. The Morgan fingerprint density at radius 3 is 2.45 bits per heavy atom. The molecule has 118 valence electrons. The number of carbonyl (C=O) groups excluding carboxylic acids is 1. The maximum atomic E-state index is 12.1. The Kier molecular flexibility index (Phi) is 7.27. The van der Waals surface area contributed by atoms with E-state index in [1.807, 2.05) is 0 Å². The molecule has 0 radical (unpaired) electrons. The van der Waals surface area contributed by atoms with E-state index in [9.17, 15) is 9.90 Å². The smallest absolute Gasteiger partial charge is 0.237 e. The van der Waals surface area contributed by atoms with Gasteiger partial charge in [0.1, 0.15) is 0 Å². The highest BCUT2D eigenvalue weighted by Crippen LogP contribution is 2.31. The molecule has 0 bridgehead atoms. The van der Waals surface area contributed by atoms with Crippen LogP contribution in [0.1, 0.15) is 52.4 Å². The van der Waals surface area contributed by atoms with Crippen LogP contribution in [0.25, 0.3) is 0 Å². The van der Waals surface area contributed by atoms with E-state index < -0.39 is 0 Å². The molecular formula is C15H29ClN2O2. The Morgan fingerprint density at radius 1 is 1.25 bits per heavy atom. The summed E-state index contributed by atoms with van der Waals surface area (Å²) >= 11 is 0. The van der Waals surface area contributed by atoms with Crippen LogP contribution in [0.15, 0.2) is 0 Å². The number of β-amino-alcohol motifs (C(OH)–C–C–N with tert-alkyl or cyclic N) is 1. The molecule has 1 aliphatic heterocycles. The summed E-state index contributed by atoms with van der Waals surface area (Å²) in [5.41, 5.74) is 0. The van der Waals surface area contributed by atoms with E-state index in [-0.39, 0.29) is 36.5 Å². The van der Waals surface area contributed by atoms with Gasteiger partial charge in [0.05, 0.1) is 12.1 Å². The first-order chi connectivity index (χ1) is 9.08. The standard InChI is InChI=1S/C15H28N2O2.ClH/c1-10(12-6-4-3-5-7-12)11(2)17-15(19)14-8-13(18)9-16-14;/h10-14,16,18H,3-9H2,1-2H3,(H,17,19);1H. The van der Waals surface area contributed by atoms with Gasteiger partial charge in [-0.05, 0) is 25.2 Å². The van der Waals surface area contributed by atoms with Gasteiger partial charge in [-0.15, -0.1) is 12.4 Å². The molecule has 20 heavy (non-hydrogen) atoms. The van der Waals surface area contributed by atoms with Crippen LogP contribution in [0.2, 0.25) is 0 Å². The maximum absolute atomic E-state index is 12.1. The highest BCUT2D eigenvalue weighted by atomic mass is 35.5. The van der Waals surface area contributed by atoms with Crippen molar-refractivity contribution in [2.24, 2.45) is 11.8 Å². The molecule has 1 aliphatic carbocycles. The first kappa shape index (κ1) is 17.7. The Bertz CT molecular complexity index is 308. The number of halogens is 1. The minimum absolute atomic E-state index is 0. The van der Waals surface area contributed by atoms with Gasteiger partial charge in [0.25, 0.3) is 0 Å². The summed E-state index contributed by atoms with van der Waals surface area (Å²) in [7, 11) is 0. The van der Waals surface area contributed by atoms with Gasteiger partial charge in [-0.2, -0.15) is 0 Å². The van der Waals surface area contributed by atoms with Crippen LogP contribution in [0.3, 0.4) is 0 Å². The van der Waals surface area contributed by atoms with E-state index in [4.69, 9.17) is 0 Å². The zero-order valence-electron chi connectivity index (χ0n) is 12.6. The molecule has 1 heterocycles. The topological polar surface area (TPSA) is 61.4 Å². The summed E-state index contributed by atoms with van der Waals surface area (Å²) in [6.07, 6.45) is 6.83. The maximum Gasteiger partial charge on any atom is 0.237 e. The zero-order valence-corrected chi connectivity index (χ0v) is 13.4. The highest BCUT2D eigenvalue weighted by Gasteiger charge is 2.31.